The van der Waals surface area contributed by atoms with Crippen LogP contribution in [0.1, 0.15) is 33.1 Å². The van der Waals surface area contributed by atoms with Crippen LogP contribution in [-0.4, -0.2) is 47.7 Å². The molecule has 0 atom stereocenters. The predicted octanol–water partition coefficient (Wildman–Crippen LogP) is 0.925. The van der Waals surface area contributed by atoms with E-state index in [9.17, 15) is 4.79 Å². The topological polar surface area (TPSA) is 52.6 Å². The maximum Gasteiger partial charge on any atom is 0.305 e. The summed E-state index contributed by atoms with van der Waals surface area (Å²) < 4.78 is 0. The van der Waals surface area contributed by atoms with Gasteiger partial charge in [-0.25, -0.2) is 0 Å². The van der Waals surface area contributed by atoms with Gasteiger partial charge in [-0.15, -0.1) is 0 Å². The van der Waals surface area contributed by atoms with Crippen molar-refractivity contribution in [2.24, 2.45) is 0 Å². The Morgan fingerprint density at radius 1 is 1.40 bits per heavy atom. The first kappa shape index (κ1) is 12.5. The van der Waals surface area contributed by atoms with Gasteiger partial charge >= 0.3 is 5.97 Å². The summed E-state index contributed by atoms with van der Waals surface area (Å²) in [6, 6.07) is 0. The molecule has 0 aromatic heterocycles. The van der Waals surface area contributed by atoms with Gasteiger partial charge in [0.25, 0.3) is 0 Å². The standard InChI is InChI=1S/C11H22N2O2/c1-3-12-11(9-10(14)15)5-7-13(4-2)8-6-11/h12H,3-9H2,1-2H3,(H,14,15). The molecule has 1 saturated heterocycles. The van der Waals surface area contributed by atoms with E-state index in [0.29, 0.717) is 0 Å². The zero-order valence-corrected chi connectivity index (χ0v) is 9.75. The van der Waals surface area contributed by atoms with Crippen LogP contribution in [-0.2, 0) is 4.79 Å². The maximum absolute atomic E-state index is 10.8. The van der Waals surface area contributed by atoms with Crippen LogP contribution in [0.2, 0.25) is 0 Å². The van der Waals surface area contributed by atoms with Gasteiger partial charge in [-0.05, 0) is 39.0 Å². The van der Waals surface area contributed by atoms with E-state index in [4.69, 9.17) is 5.11 Å². The lowest BCUT2D eigenvalue weighted by Crippen LogP contribution is -2.54. The molecule has 0 bridgehead atoms. The summed E-state index contributed by atoms with van der Waals surface area (Å²) in [5.74, 6) is -0.694. The molecule has 4 heteroatoms. The molecular weight excluding hydrogens is 192 g/mol. The van der Waals surface area contributed by atoms with Crippen molar-refractivity contribution >= 4 is 5.97 Å². The number of likely N-dealkylation sites (tertiary alicyclic amines) is 1. The highest BCUT2D eigenvalue weighted by atomic mass is 16.4. The summed E-state index contributed by atoms with van der Waals surface area (Å²) in [7, 11) is 0. The monoisotopic (exact) mass is 214 g/mol. The van der Waals surface area contributed by atoms with Crippen molar-refractivity contribution in [1.82, 2.24) is 10.2 Å². The maximum atomic E-state index is 10.8. The van der Waals surface area contributed by atoms with Crippen LogP contribution < -0.4 is 5.32 Å². The van der Waals surface area contributed by atoms with Crippen molar-refractivity contribution in [3.05, 3.63) is 0 Å². The first-order chi connectivity index (χ1) is 7.12. The molecule has 1 aliphatic rings. The predicted molar refractivity (Wildman–Crippen MR) is 60.0 cm³/mol. The Hall–Kier alpha value is -0.610. The number of carboxylic acids is 1. The van der Waals surface area contributed by atoms with E-state index in [1.54, 1.807) is 0 Å². The van der Waals surface area contributed by atoms with E-state index in [-0.39, 0.29) is 12.0 Å². The lowest BCUT2D eigenvalue weighted by Gasteiger charge is -2.41. The van der Waals surface area contributed by atoms with Gasteiger partial charge in [-0.2, -0.15) is 0 Å². The molecule has 1 aliphatic heterocycles. The molecule has 4 nitrogen and oxygen atoms in total. The summed E-state index contributed by atoms with van der Waals surface area (Å²) in [5.41, 5.74) is -0.160. The molecule has 0 aliphatic carbocycles. The summed E-state index contributed by atoms with van der Waals surface area (Å²) in [5, 5.41) is 12.3. The fourth-order valence-electron chi connectivity index (χ4n) is 2.38. The molecule has 0 saturated carbocycles. The Kier molecular flexibility index (Phi) is 4.54. The zero-order valence-electron chi connectivity index (χ0n) is 9.75. The van der Waals surface area contributed by atoms with Gasteiger partial charge < -0.3 is 15.3 Å². The first-order valence-corrected chi connectivity index (χ1v) is 5.81. The Balaban J connectivity index is 2.55. The van der Waals surface area contributed by atoms with E-state index in [0.717, 1.165) is 39.0 Å². The lowest BCUT2D eigenvalue weighted by atomic mass is 9.84. The molecule has 0 radical (unpaired) electrons. The summed E-state index contributed by atoms with van der Waals surface area (Å²) in [4.78, 5) is 13.2. The average molecular weight is 214 g/mol. The number of rotatable bonds is 5. The van der Waals surface area contributed by atoms with Crippen molar-refractivity contribution < 1.29 is 9.90 Å². The van der Waals surface area contributed by atoms with Gasteiger partial charge in [0.15, 0.2) is 0 Å². The normalized spacial score (nSPS) is 21.5. The van der Waals surface area contributed by atoms with E-state index in [1.165, 1.54) is 0 Å². The molecule has 0 spiro atoms. The molecule has 88 valence electrons. The van der Waals surface area contributed by atoms with Gasteiger partial charge in [0.2, 0.25) is 0 Å². The number of nitrogens with zero attached hydrogens (tertiary/aromatic N) is 1. The Morgan fingerprint density at radius 3 is 2.40 bits per heavy atom. The minimum absolute atomic E-state index is 0.160. The molecule has 1 rings (SSSR count). The number of carbonyl (C=O) groups is 1. The van der Waals surface area contributed by atoms with Crippen molar-refractivity contribution in [3.8, 4) is 0 Å². The number of nitrogens with one attached hydrogen (secondary N) is 1. The molecule has 0 amide bonds. The van der Waals surface area contributed by atoms with Crippen LogP contribution in [0.3, 0.4) is 0 Å². The van der Waals surface area contributed by atoms with E-state index >= 15 is 0 Å². The third-order valence-electron chi connectivity index (χ3n) is 3.30. The van der Waals surface area contributed by atoms with Crippen LogP contribution in [0.25, 0.3) is 0 Å². The van der Waals surface area contributed by atoms with Crippen molar-refractivity contribution in [2.45, 2.75) is 38.6 Å². The highest BCUT2D eigenvalue weighted by Crippen LogP contribution is 2.25. The molecule has 0 unspecified atom stereocenters. The summed E-state index contributed by atoms with van der Waals surface area (Å²) in [6.45, 7) is 8.12. The fourth-order valence-corrected chi connectivity index (χ4v) is 2.38. The highest BCUT2D eigenvalue weighted by Gasteiger charge is 2.35. The molecule has 1 heterocycles. The second-order valence-electron chi connectivity index (χ2n) is 4.32. The van der Waals surface area contributed by atoms with Crippen molar-refractivity contribution in [3.63, 3.8) is 0 Å². The van der Waals surface area contributed by atoms with Crippen LogP contribution in [0.4, 0.5) is 0 Å². The Labute approximate surface area is 91.6 Å². The Morgan fingerprint density at radius 2 is 2.00 bits per heavy atom. The van der Waals surface area contributed by atoms with E-state index < -0.39 is 5.97 Å². The molecule has 0 aromatic carbocycles. The van der Waals surface area contributed by atoms with Gasteiger partial charge in [0.05, 0.1) is 6.42 Å². The largest absolute Gasteiger partial charge is 0.481 e. The minimum atomic E-state index is -0.694. The van der Waals surface area contributed by atoms with Gasteiger partial charge in [-0.3, -0.25) is 4.79 Å². The second kappa shape index (κ2) is 5.47. The molecule has 1 fully saturated rings. The number of hydrogen-bond donors (Lipinski definition) is 2. The number of carboxylic acid groups (broad SMARTS) is 1. The smallest absolute Gasteiger partial charge is 0.305 e. The molecule has 0 aromatic rings. The molecule has 15 heavy (non-hydrogen) atoms. The molecule has 2 N–H and O–H groups in total. The number of hydrogen-bond acceptors (Lipinski definition) is 3. The third kappa shape index (κ3) is 3.47. The summed E-state index contributed by atoms with van der Waals surface area (Å²) >= 11 is 0. The quantitative estimate of drug-likeness (QED) is 0.714. The van der Waals surface area contributed by atoms with Crippen LogP contribution in [0.15, 0.2) is 0 Å². The first-order valence-electron chi connectivity index (χ1n) is 5.81. The number of piperidine rings is 1. The second-order valence-corrected chi connectivity index (χ2v) is 4.32. The third-order valence-corrected chi connectivity index (χ3v) is 3.30. The minimum Gasteiger partial charge on any atom is -0.481 e. The average Bonchev–Trinajstić information content (AvgIpc) is 2.18. The fraction of sp³-hybridized carbons (Fsp3) is 0.909. The van der Waals surface area contributed by atoms with E-state index in [2.05, 4.69) is 17.1 Å². The van der Waals surface area contributed by atoms with Gasteiger partial charge in [0, 0.05) is 5.54 Å². The lowest BCUT2D eigenvalue weighted by molar-refractivity contribution is -0.139. The summed E-state index contributed by atoms with van der Waals surface area (Å²) in [6.07, 6.45) is 2.14. The van der Waals surface area contributed by atoms with Crippen LogP contribution in [0, 0.1) is 0 Å². The van der Waals surface area contributed by atoms with E-state index in [1.807, 2.05) is 6.92 Å². The molecular formula is C11H22N2O2. The highest BCUT2D eigenvalue weighted by molar-refractivity contribution is 5.68. The van der Waals surface area contributed by atoms with Crippen molar-refractivity contribution in [2.75, 3.05) is 26.2 Å². The number of aliphatic carboxylic acids is 1. The van der Waals surface area contributed by atoms with Crippen molar-refractivity contribution in [1.29, 1.82) is 0 Å². The van der Waals surface area contributed by atoms with Crippen LogP contribution >= 0.6 is 0 Å². The SMILES string of the molecule is CCNC1(CC(=O)O)CCN(CC)CC1. The Bertz CT molecular complexity index is 211. The zero-order chi connectivity index (χ0) is 11.3. The van der Waals surface area contributed by atoms with Gasteiger partial charge in [-0.1, -0.05) is 13.8 Å². The van der Waals surface area contributed by atoms with Crippen LogP contribution in [0.5, 0.6) is 0 Å². The van der Waals surface area contributed by atoms with Gasteiger partial charge in [0.1, 0.15) is 0 Å².